The summed E-state index contributed by atoms with van der Waals surface area (Å²) in [4.78, 5) is 13.9. The van der Waals surface area contributed by atoms with E-state index in [0.29, 0.717) is 18.8 Å². The SMILES string of the molecule is O=C(c1cn(-c2ccc(F)cc2)nn1)N1CCC(CO)C1. The number of hydrogen-bond donors (Lipinski definition) is 1. The second-order valence-electron chi connectivity index (χ2n) is 5.11. The van der Waals surface area contributed by atoms with Gasteiger partial charge in [0.25, 0.3) is 5.91 Å². The second-order valence-corrected chi connectivity index (χ2v) is 5.11. The molecule has 1 aliphatic rings. The molecule has 6 nitrogen and oxygen atoms in total. The highest BCUT2D eigenvalue weighted by atomic mass is 19.1. The molecule has 1 unspecified atom stereocenters. The molecule has 1 fully saturated rings. The van der Waals surface area contributed by atoms with E-state index in [4.69, 9.17) is 5.11 Å². The molecule has 0 aliphatic carbocycles. The third-order valence-electron chi connectivity index (χ3n) is 3.63. The predicted octanol–water partition coefficient (Wildman–Crippen LogP) is 0.861. The molecule has 0 bridgehead atoms. The van der Waals surface area contributed by atoms with Gasteiger partial charge in [0.15, 0.2) is 5.69 Å². The van der Waals surface area contributed by atoms with Crippen molar-refractivity contribution >= 4 is 5.91 Å². The van der Waals surface area contributed by atoms with E-state index in [1.165, 1.54) is 23.0 Å². The van der Waals surface area contributed by atoms with Crippen LogP contribution in [0, 0.1) is 11.7 Å². The van der Waals surface area contributed by atoms with E-state index in [1.54, 1.807) is 17.0 Å². The van der Waals surface area contributed by atoms with Crippen LogP contribution in [-0.2, 0) is 0 Å². The number of carbonyl (C=O) groups excluding carboxylic acids is 1. The maximum atomic E-state index is 12.9. The van der Waals surface area contributed by atoms with Gasteiger partial charge in [-0.05, 0) is 30.7 Å². The monoisotopic (exact) mass is 290 g/mol. The molecule has 1 aromatic carbocycles. The second kappa shape index (κ2) is 5.61. The van der Waals surface area contributed by atoms with Crippen molar-refractivity contribution < 1.29 is 14.3 Å². The average molecular weight is 290 g/mol. The van der Waals surface area contributed by atoms with Gasteiger partial charge < -0.3 is 10.0 Å². The van der Waals surface area contributed by atoms with Crippen LogP contribution in [0.25, 0.3) is 5.69 Å². The van der Waals surface area contributed by atoms with Crippen LogP contribution in [0.1, 0.15) is 16.9 Å². The standard InChI is InChI=1S/C14H15FN4O2/c15-11-1-3-12(4-2-11)19-8-13(16-17-19)14(21)18-6-5-10(7-18)9-20/h1-4,8,10,20H,5-7,9H2. The summed E-state index contributed by atoms with van der Waals surface area (Å²) >= 11 is 0. The number of carbonyl (C=O) groups is 1. The molecule has 3 rings (SSSR count). The van der Waals surface area contributed by atoms with Crippen molar-refractivity contribution in [1.29, 1.82) is 0 Å². The van der Waals surface area contributed by atoms with Crippen molar-refractivity contribution in [2.45, 2.75) is 6.42 Å². The lowest BCUT2D eigenvalue weighted by molar-refractivity contribution is 0.0776. The summed E-state index contributed by atoms with van der Waals surface area (Å²) in [7, 11) is 0. The first-order chi connectivity index (χ1) is 10.2. The van der Waals surface area contributed by atoms with E-state index in [0.717, 1.165) is 6.42 Å². The summed E-state index contributed by atoms with van der Waals surface area (Å²) in [5.41, 5.74) is 0.885. The zero-order chi connectivity index (χ0) is 14.8. The molecule has 0 saturated carbocycles. The minimum atomic E-state index is -0.331. The molecule has 2 aromatic rings. The molecule has 7 heteroatoms. The van der Waals surface area contributed by atoms with Crippen LogP contribution in [-0.4, -0.2) is 50.6 Å². The fraction of sp³-hybridized carbons (Fsp3) is 0.357. The predicted molar refractivity (Wildman–Crippen MR) is 72.4 cm³/mol. The molecule has 110 valence electrons. The summed E-state index contributed by atoms with van der Waals surface area (Å²) in [6.45, 7) is 1.25. The highest BCUT2D eigenvalue weighted by Crippen LogP contribution is 2.17. The number of hydrogen-bond acceptors (Lipinski definition) is 4. The van der Waals surface area contributed by atoms with Gasteiger partial charge in [0.1, 0.15) is 5.82 Å². The first kappa shape index (κ1) is 13.7. The molecule has 21 heavy (non-hydrogen) atoms. The number of aromatic nitrogens is 3. The quantitative estimate of drug-likeness (QED) is 0.910. The lowest BCUT2D eigenvalue weighted by Gasteiger charge is -2.13. The molecule has 1 N–H and O–H groups in total. The first-order valence-electron chi connectivity index (χ1n) is 6.76. The number of amides is 1. The van der Waals surface area contributed by atoms with Crippen molar-refractivity contribution in [1.82, 2.24) is 19.9 Å². The number of aliphatic hydroxyl groups is 1. The van der Waals surface area contributed by atoms with E-state index in [1.807, 2.05) is 0 Å². The van der Waals surface area contributed by atoms with Crippen LogP contribution >= 0.6 is 0 Å². The summed E-state index contributed by atoms with van der Waals surface area (Å²) in [6, 6.07) is 5.78. The normalized spacial score (nSPS) is 18.2. The third-order valence-corrected chi connectivity index (χ3v) is 3.63. The van der Waals surface area contributed by atoms with Gasteiger partial charge in [0.2, 0.25) is 0 Å². The largest absolute Gasteiger partial charge is 0.396 e. The van der Waals surface area contributed by atoms with Crippen LogP contribution in [0.3, 0.4) is 0 Å². The molecule has 0 radical (unpaired) electrons. The zero-order valence-corrected chi connectivity index (χ0v) is 11.3. The van der Waals surface area contributed by atoms with E-state index in [9.17, 15) is 9.18 Å². The number of halogens is 1. The minimum absolute atomic E-state index is 0.0893. The summed E-state index contributed by atoms with van der Waals surface area (Å²) in [5.74, 6) is -0.386. The molecule has 0 spiro atoms. The number of benzene rings is 1. The topological polar surface area (TPSA) is 71.2 Å². The van der Waals surface area contributed by atoms with Crippen molar-refractivity contribution in [3.63, 3.8) is 0 Å². The Morgan fingerprint density at radius 1 is 1.38 bits per heavy atom. The summed E-state index contributed by atoms with van der Waals surface area (Å²) in [5, 5.41) is 16.9. The minimum Gasteiger partial charge on any atom is -0.396 e. The maximum Gasteiger partial charge on any atom is 0.276 e. The maximum absolute atomic E-state index is 12.9. The van der Waals surface area contributed by atoms with Gasteiger partial charge in [-0.2, -0.15) is 0 Å². The number of aliphatic hydroxyl groups excluding tert-OH is 1. The van der Waals surface area contributed by atoms with Gasteiger partial charge in [0, 0.05) is 25.6 Å². The summed E-state index contributed by atoms with van der Waals surface area (Å²) < 4.78 is 14.3. The number of nitrogens with zero attached hydrogens (tertiary/aromatic N) is 4. The molecule has 1 saturated heterocycles. The zero-order valence-electron chi connectivity index (χ0n) is 11.3. The van der Waals surface area contributed by atoms with Gasteiger partial charge in [-0.25, -0.2) is 9.07 Å². The van der Waals surface area contributed by atoms with Gasteiger partial charge in [0.05, 0.1) is 11.9 Å². The van der Waals surface area contributed by atoms with E-state index < -0.39 is 0 Å². The highest BCUT2D eigenvalue weighted by Gasteiger charge is 2.28. The van der Waals surface area contributed by atoms with Gasteiger partial charge in [-0.1, -0.05) is 5.21 Å². The van der Waals surface area contributed by atoms with Crippen LogP contribution in [0.4, 0.5) is 4.39 Å². The fourth-order valence-electron chi connectivity index (χ4n) is 2.41. The van der Waals surface area contributed by atoms with Crippen molar-refractivity contribution in [3.8, 4) is 5.69 Å². The Balaban J connectivity index is 1.75. The molecular weight excluding hydrogens is 275 g/mol. The van der Waals surface area contributed by atoms with Gasteiger partial charge in [-0.15, -0.1) is 5.10 Å². The Morgan fingerprint density at radius 3 is 2.81 bits per heavy atom. The Bertz CT molecular complexity index is 641. The van der Waals surface area contributed by atoms with E-state index in [-0.39, 0.29) is 29.9 Å². The van der Waals surface area contributed by atoms with Crippen LogP contribution in [0.5, 0.6) is 0 Å². The first-order valence-corrected chi connectivity index (χ1v) is 6.76. The third kappa shape index (κ3) is 2.78. The molecule has 1 aromatic heterocycles. The van der Waals surface area contributed by atoms with Crippen LogP contribution in [0.2, 0.25) is 0 Å². The number of rotatable bonds is 3. The van der Waals surface area contributed by atoms with E-state index in [2.05, 4.69) is 10.3 Å². The highest BCUT2D eigenvalue weighted by molar-refractivity contribution is 5.92. The average Bonchev–Trinajstić information content (AvgIpc) is 3.16. The van der Waals surface area contributed by atoms with Crippen molar-refractivity contribution in [2.75, 3.05) is 19.7 Å². The van der Waals surface area contributed by atoms with E-state index >= 15 is 0 Å². The van der Waals surface area contributed by atoms with Crippen molar-refractivity contribution in [2.24, 2.45) is 5.92 Å². The van der Waals surface area contributed by atoms with Gasteiger partial charge >= 0.3 is 0 Å². The van der Waals surface area contributed by atoms with Crippen LogP contribution < -0.4 is 0 Å². The Kier molecular flexibility index (Phi) is 3.66. The Labute approximate surface area is 120 Å². The molecular formula is C14H15FN4O2. The Morgan fingerprint density at radius 2 is 2.14 bits per heavy atom. The molecule has 1 amide bonds. The van der Waals surface area contributed by atoms with Crippen molar-refractivity contribution in [3.05, 3.63) is 42.0 Å². The lowest BCUT2D eigenvalue weighted by Crippen LogP contribution is -2.29. The van der Waals surface area contributed by atoms with Crippen LogP contribution in [0.15, 0.2) is 30.5 Å². The Hall–Kier alpha value is -2.28. The fourth-order valence-corrected chi connectivity index (χ4v) is 2.41. The number of likely N-dealkylation sites (tertiary alicyclic amines) is 1. The molecule has 1 atom stereocenters. The smallest absolute Gasteiger partial charge is 0.276 e. The molecule has 2 heterocycles. The van der Waals surface area contributed by atoms with Gasteiger partial charge in [-0.3, -0.25) is 4.79 Å². The lowest BCUT2D eigenvalue weighted by atomic mass is 10.1. The summed E-state index contributed by atoms with van der Waals surface area (Å²) in [6.07, 6.45) is 2.33. The molecule has 1 aliphatic heterocycles.